The highest BCUT2D eigenvalue weighted by atomic mass is 32.2. The van der Waals surface area contributed by atoms with Gasteiger partial charge in [0.1, 0.15) is 0 Å². The van der Waals surface area contributed by atoms with Crippen molar-refractivity contribution in [2.45, 2.75) is 56.7 Å². The predicted molar refractivity (Wildman–Crippen MR) is 62.1 cm³/mol. The van der Waals surface area contributed by atoms with E-state index in [4.69, 9.17) is 5.73 Å². The van der Waals surface area contributed by atoms with E-state index in [0.29, 0.717) is 6.54 Å². The van der Waals surface area contributed by atoms with Gasteiger partial charge in [-0.25, -0.2) is 13.1 Å². The molecule has 3 N–H and O–H groups in total. The van der Waals surface area contributed by atoms with Crippen molar-refractivity contribution >= 4 is 10.0 Å². The van der Waals surface area contributed by atoms with Crippen LogP contribution in [0.2, 0.25) is 0 Å². The van der Waals surface area contributed by atoms with E-state index < -0.39 is 10.0 Å². The average Bonchev–Trinajstić information content (AvgIpc) is 2.27. The van der Waals surface area contributed by atoms with E-state index in [9.17, 15) is 8.42 Å². The van der Waals surface area contributed by atoms with Gasteiger partial charge in [-0.15, -0.1) is 0 Å². The van der Waals surface area contributed by atoms with Crippen molar-refractivity contribution < 1.29 is 8.42 Å². The highest BCUT2D eigenvalue weighted by Gasteiger charge is 2.26. The zero-order valence-corrected chi connectivity index (χ0v) is 10.2. The van der Waals surface area contributed by atoms with Gasteiger partial charge in [0.2, 0.25) is 10.0 Å². The van der Waals surface area contributed by atoms with Gasteiger partial charge in [-0.1, -0.05) is 26.2 Å². The van der Waals surface area contributed by atoms with Crippen LogP contribution in [0.1, 0.15) is 45.4 Å². The third-order valence-electron chi connectivity index (χ3n) is 3.06. The third kappa shape index (κ3) is 4.09. The van der Waals surface area contributed by atoms with Crippen molar-refractivity contribution in [3.05, 3.63) is 0 Å². The van der Waals surface area contributed by atoms with Crippen LogP contribution in [0, 0.1) is 0 Å². The average molecular weight is 234 g/mol. The summed E-state index contributed by atoms with van der Waals surface area (Å²) in [5.41, 5.74) is 5.68. The van der Waals surface area contributed by atoms with Gasteiger partial charge in [0.25, 0.3) is 0 Å². The molecular weight excluding hydrogens is 212 g/mol. The molecule has 0 bridgehead atoms. The molecule has 5 heteroatoms. The lowest BCUT2D eigenvalue weighted by Crippen LogP contribution is -2.41. The van der Waals surface area contributed by atoms with Gasteiger partial charge in [-0.2, -0.15) is 0 Å². The SMILES string of the molecule is CCC(N)CNS(=O)(=O)C1CCCCC1. The fourth-order valence-corrected chi connectivity index (χ4v) is 3.50. The highest BCUT2D eigenvalue weighted by molar-refractivity contribution is 7.90. The first-order valence-electron chi connectivity index (χ1n) is 5.80. The van der Waals surface area contributed by atoms with Crippen LogP contribution in [-0.4, -0.2) is 26.3 Å². The van der Waals surface area contributed by atoms with Crippen molar-refractivity contribution in [3.8, 4) is 0 Å². The number of rotatable bonds is 5. The molecule has 0 amide bonds. The summed E-state index contributed by atoms with van der Waals surface area (Å²) in [6.45, 7) is 2.33. The van der Waals surface area contributed by atoms with E-state index >= 15 is 0 Å². The minimum absolute atomic E-state index is 0.0663. The van der Waals surface area contributed by atoms with Gasteiger partial charge < -0.3 is 5.73 Å². The second kappa shape index (κ2) is 5.82. The summed E-state index contributed by atoms with van der Waals surface area (Å²) < 4.78 is 26.3. The summed E-state index contributed by atoms with van der Waals surface area (Å²) in [6, 6.07) is -0.0663. The Labute approximate surface area is 92.7 Å². The molecule has 1 fully saturated rings. The van der Waals surface area contributed by atoms with Gasteiger partial charge in [-0.3, -0.25) is 0 Å². The molecule has 0 spiro atoms. The molecule has 0 saturated heterocycles. The van der Waals surface area contributed by atoms with Crippen LogP contribution in [0.25, 0.3) is 0 Å². The van der Waals surface area contributed by atoms with Gasteiger partial charge in [0.05, 0.1) is 5.25 Å². The summed E-state index contributed by atoms with van der Waals surface area (Å²) in [7, 11) is -3.12. The Morgan fingerprint density at radius 3 is 2.47 bits per heavy atom. The predicted octanol–water partition coefficient (Wildman–Crippen LogP) is 0.976. The Bertz CT molecular complexity index is 271. The minimum Gasteiger partial charge on any atom is -0.327 e. The van der Waals surface area contributed by atoms with Crippen molar-refractivity contribution in [1.82, 2.24) is 4.72 Å². The molecular formula is C10H22N2O2S. The zero-order chi connectivity index (χ0) is 11.3. The molecule has 90 valence electrons. The molecule has 0 heterocycles. The Morgan fingerprint density at radius 1 is 1.33 bits per heavy atom. The molecule has 1 atom stereocenters. The summed E-state index contributed by atoms with van der Waals surface area (Å²) >= 11 is 0. The molecule has 15 heavy (non-hydrogen) atoms. The normalized spacial score (nSPS) is 21.5. The minimum atomic E-state index is -3.12. The molecule has 0 aromatic heterocycles. The topological polar surface area (TPSA) is 72.2 Å². The summed E-state index contributed by atoms with van der Waals surface area (Å²) in [5.74, 6) is 0. The maximum Gasteiger partial charge on any atom is 0.214 e. The lowest BCUT2D eigenvalue weighted by molar-refractivity contribution is 0.474. The quantitative estimate of drug-likeness (QED) is 0.744. The van der Waals surface area contributed by atoms with Crippen LogP contribution in [0.5, 0.6) is 0 Å². The molecule has 1 rings (SSSR count). The molecule has 1 aliphatic rings. The van der Waals surface area contributed by atoms with E-state index in [-0.39, 0.29) is 11.3 Å². The van der Waals surface area contributed by atoms with Gasteiger partial charge in [0.15, 0.2) is 0 Å². The van der Waals surface area contributed by atoms with E-state index in [1.807, 2.05) is 6.92 Å². The Kier molecular flexibility index (Phi) is 5.02. The van der Waals surface area contributed by atoms with Crippen LogP contribution >= 0.6 is 0 Å². The first-order chi connectivity index (χ1) is 7.06. The van der Waals surface area contributed by atoms with Crippen molar-refractivity contribution in [3.63, 3.8) is 0 Å². The number of nitrogens with two attached hydrogens (primary N) is 1. The first kappa shape index (κ1) is 12.9. The zero-order valence-electron chi connectivity index (χ0n) is 9.41. The maximum atomic E-state index is 11.8. The molecule has 0 aromatic carbocycles. The lowest BCUT2D eigenvalue weighted by Gasteiger charge is -2.22. The second-order valence-electron chi connectivity index (χ2n) is 4.32. The Morgan fingerprint density at radius 2 is 1.93 bits per heavy atom. The largest absolute Gasteiger partial charge is 0.327 e. The number of sulfonamides is 1. The van der Waals surface area contributed by atoms with E-state index in [1.54, 1.807) is 0 Å². The standard InChI is InChI=1S/C10H22N2O2S/c1-2-9(11)8-12-15(13,14)10-6-4-3-5-7-10/h9-10,12H,2-8,11H2,1H3. The highest BCUT2D eigenvalue weighted by Crippen LogP contribution is 2.22. The number of nitrogens with one attached hydrogen (secondary N) is 1. The number of hydrogen-bond acceptors (Lipinski definition) is 3. The smallest absolute Gasteiger partial charge is 0.214 e. The summed E-state index contributed by atoms with van der Waals surface area (Å²) in [6.07, 6.45) is 5.64. The van der Waals surface area contributed by atoms with Crippen LogP contribution in [0.15, 0.2) is 0 Å². The van der Waals surface area contributed by atoms with Gasteiger partial charge in [-0.05, 0) is 19.3 Å². The molecule has 1 aliphatic carbocycles. The van der Waals surface area contributed by atoms with E-state index in [0.717, 1.165) is 32.1 Å². The van der Waals surface area contributed by atoms with Crippen molar-refractivity contribution in [1.29, 1.82) is 0 Å². The fourth-order valence-electron chi connectivity index (χ4n) is 1.86. The molecule has 1 saturated carbocycles. The van der Waals surface area contributed by atoms with Crippen molar-refractivity contribution in [2.75, 3.05) is 6.54 Å². The molecule has 0 radical (unpaired) electrons. The molecule has 0 aliphatic heterocycles. The van der Waals surface area contributed by atoms with Crippen LogP contribution < -0.4 is 10.5 Å². The lowest BCUT2D eigenvalue weighted by atomic mass is 10.0. The first-order valence-corrected chi connectivity index (χ1v) is 7.35. The second-order valence-corrected chi connectivity index (χ2v) is 6.37. The van der Waals surface area contributed by atoms with Gasteiger partial charge >= 0.3 is 0 Å². The van der Waals surface area contributed by atoms with E-state index in [2.05, 4.69) is 4.72 Å². The number of hydrogen-bond donors (Lipinski definition) is 2. The fraction of sp³-hybridized carbons (Fsp3) is 1.00. The maximum absolute atomic E-state index is 11.8. The van der Waals surface area contributed by atoms with Crippen molar-refractivity contribution in [2.24, 2.45) is 5.73 Å². The molecule has 1 unspecified atom stereocenters. The molecule has 4 nitrogen and oxygen atoms in total. The van der Waals surface area contributed by atoms with Crippen LogP contribution in [0.3, 0.4) is 0 Å². The summed E-state index contributed by atoms with van der Waals surface area (Å²) in [5, 5.41) is -0.185. The Balaban J connectivity index is 2.43. The Hall–Kier alpha value is -0.130. The monoisotopic (exact) mass is 234 g/mol. The van der Waals surface area contributed by atoms with E-state index in [1.165, 1.54) is 6.42 Å². The summed E-state index contributed by atoms with van der Waals surface area (Å²) in [4.78, 5) is 0. The van der Waals surface area contributed by atoms with Crippen LogP contribution in [-0.2, 0) is 10.0 Å². The van der Waals surface area contributed by atoms with Crippen LogP contribution in [0.4, 0.5) is 0 Å². The molecule has 0 aromatic rings. The third-order valence-corrected chi connectivity index (χ3v) is 4.98. The van der Waals surface area contributed by atoms with Gasteiger partial charge in [0, 0.05) is 12.6 Å².